The van der Waals surface area contributed by atoms with Gasteiger partial charge in [0.2, 0.25) is 0 Å². The third-order valence-electron chi connectivity index (χ3n) is 1.71. The van der Waals surface area contributed by atoms with Crippen molar-refractivity contribution >= 4 is 21.8 Å². The molecule has 6 heteroatoms. The van der Waals surface area contributed by atoms with E-state index in [2.05, 4.69) is 9.71 Å². The van der Waals surface area contributed by atoms with E-state index in [1.165, 1.54) is 17.8 Å². The average Bonchev–Trinajstić information content (AvgIpc) is 2.15. The number of thioether (sulfide) groups is 1. The van der Waals surface area contributed by atoms with Crippen LogP contribution in [0.25, 0.3) is 0 Å². The maximum Gasteiger partial charge on any atom is 0.258 e. The Morgan fingerprint density at radius 2 is 2.00 bits per heavy atom. The Bertz CT molecular complexity index is 478. The van der Waals surface area contributed by atoms with Crippen LogP contribution < -0.4 is 4.72 Å². The molecule has 0 saturated heterocycles. The predicted molar refractivity (Wildman–Crippen MR) is 70.7 cm³/mol. The minimum Gasteiger partial charge on any atom is -0.228 e. The molecular weight excluding hydrogens is 256 g/mol. The van der Waals surface area contributed by atoms with E-state index in [0.29, 0.717) is 0 Å². The van der Waals surface area contributed by atoms with Crippen molar-refractivity contribution in [2.75, 3.05) is 5.75 Å². The summed E-state index contributed by atoms with van der Waals surface area (Å²) >= 11 is 1.52. The summed E-state index contributed by atoms with van der Waals surface area (Å²) in [6, 6.07) is 5.03. The highest BCUT2D eigenvalue weighted by Gasteiger charge is 2.23. The molecule has 17 heavy (non-hydrogen) atoms. The summed E-state index contributed by atoms with van der Waals surface area (Å²) in [5.74, 6) is 0.864. The lowest BCUT2D eigenvalue weighted by atomic mass is 10.1. The van der Waals surface area contributed by atoms with Crippen LogP contribution >= 0.6 is 11.8 Å². The van der Waals surface area contributed by atoms with Crippen molar-refractivity contribution in [1.82, 2.24) is 9.71 Å². The van der Waals surface area contributed by atoms with E-state index in [0.717, 1.165) is 10.8 Å². The number of nitrogens with one attached hydrogen (secondary N) is 1. The summed E-state index contributed by atoms with van der Waals surface area (Å²) in [5, 5.41) is 0.801. The fraction of sp³-hybridized carbons (Fsp3) is 0.545. The molecule has 0 spiro atoms. The van der Waals surface area contributed by atoms with Crippen molar-refractivity contribution in [3.05, 3.63) is 18.2 Å². The Kier molecular flexibility index (Phi) is 4.57. The first-order valence-electron chi connectivity index (χ1n) is 5.38. The smallest absolute Gasteiger partial charge is 0.228 e. The van der Waals surface area contributed by atoms with E-state index in [1.54, 1.807) is 26.8 Å². The molecule has 0 radical (unpaired) electrons. The molecule has 0 aliphatic rings. The first-order chi connectivity index (χ1) is 7.74. The number of rotatable bonds is 4. The summed E-state index contributed by atoms with van der Waals surface area (Å²) in [4.78, 5) is 4.13. The van der Waals surface area contributed by atoms with Crippen LogP contribution in [0, 0.1) is 0 Å². The van der Waals surface area contributed by atoms with E-state index < -0.39 is 15.6 Å². The molecule has 4 nitrogen and oxygen atoms in total. The van der Waals surface area contributed by atoms with Crippen LogP contribution in [-0.4, -0.2) is 24.7 Å². The van der Waals surface area contributed by atoms with Gasteiger partial charge in [-0.2, -0.15) is 0 Å². The van der Waals surface area contributed by atoms with Crippen LogP contribution in [0.5, 0.6) is 0 Å². The number of aromatic nitrogens is 1. The zero-order valence-electron chi connectivity index (χ0n) is 10.5. The van der Waals surface area contributed by atoms with Gasteiger partial charge >= 0.3 is 0 Å². The SMILES string of the molecule is CCSc1cccc(S(=O)(=O)NC(C)(C)C)n1. The molecule has 0 aromatic carbocycles. The highest BCUT2D eigenvalue weighted by molar-refractivity contribution is 7.99. The topological polar surface area (TPSA) is 59.1 Å². The number of hydrogen-bond acceptors (Lipinski definition) is 4. The van der Waals surface area contributed by atoms with Crippen molar-refractivity contribution in [3.63, 3.8) is 0 Å². The molecule has 0 atom stereocenters. The molecule has 0 aliphatic heterocycles. The lowest BCUT2D eigenvalue weighted by Gasteiger charge is -2.19. The molecule has 0 unspecified atom stereocenters. The largest absolute Gasteiger partial charge is 0.258 e. The van der Waals surface area contributed by atoms with E-state index in [-0.39, 0.29) is 5.03 Å². The standard InChI is InChI=1S/C11H18N2O2S2/c1-5-16-9-7-6-8-10(12-9)17(14,15)13-11(2,3)4/h6-8,13H,5H2,1-4H3. The van der Waals surface area contributed by atoms with Gasteiger partial charge in [-0.25, -0.2) is 18.1 Å². The van der Waals surface area contributed by atoms with Gasteiger partial charge in [0.05, 0.1) is 5.03 Å². The molecule has 0 fully saturated rings. The van der Waals surface area contributed by atoms with Crippen LogP contribution in [-0.2, 0) is 10.0 Å². The van der Waals surface area contributed by atoms with Crippen molar-refractivity contribution < 1.29 is 8.42 Å². The monoisotopic (exact) mass is 274 g/mol. The Labute approximate surface area is 107 Å². The molecule has 1 heterocycles. The van der Waals surface area contributed by atoms with Gasteiger partial charge in [-0.3, -0.25) is 0 Å². The van der Waals surface area contributed by atoms with E-state index in [1.807, 2.05) is 13.0 Å². The second-order valence-corrected chi connectivity index (χ2v) is 7.52. The first-order valence-corrected chi connectivity index (χ1v) is 7.85. The fourth-order valence-corrected chi connectivity index (χ4v) is 3.31. The third-order valence-corrected chi connectivity index (χ3v) is 4.18. The average molecular weight is 274 g/mol. The lowest BCUT2D eigenvalue weighted by Crippen LogP contribution is -2.40. The Hall–Kier alpha value is -0.590. The van der Waals surface area contributed by atoms with Gasteiger partial charge in [0.25, 0.3) is 10.0 Å². The molecule has 0 aliphatic carbocycles. The van der Waals surface area contributed by atoms with Gasteiger partial charge in [-0.15, -0.1) is 11.8 Å². The summed E-state index contributed by atoms with van der Waals surface area (Å²) in [7, 11) is -3.53. The van der Waals surface area contributed by atoms with E-state index in [9.17, 15) is 8.42 Å². The molecule has 1 aromatic heterocycles. The molecule has 0 amide bonds. The zero-order valence-corrected chi connectivity index (χ0v) is 12.2. The highest BCUT2D eigenvalue weighted by Crippen LogP contribution is 2.17. The Morgan fingerprint density at radius 1 is 1.35 bits per heavy atom. The molecular formula is C11H18N2O2S2. The first kappa shape index (κ1) is 14.5. The Balaban J connectivity index is 3.03. The molecule has 1 N–H and O–H groups in total. The van der Waals surface area contributed by atoms with Crippen LogP contribution in [0.1, 0.15) is 27.7 Å². The number of sulfonamides is 1. The number of nitrogens with zero attached hydrogens (tertiary/aromatic N) is 1. The van der Waals surface area contributed by atoms with E-state index >= 15 is 0 Å². The second-order valence-electron chi connectivity index (χ2n) is 4.60. The van der Waals surface area contributed by atoms with Gasteiger partial charge < -0.3 is 0 Å². The van der Waals surface area contributed by atoms with Gasteiger partial charge in [0.1, 0.15) is 0 Å². The summed E-state index contributed by atoms with van der Waals surface area (Å²) in [5.41, 5.74) is -0.506. The van der Waals surface area contributed by atoms with Crippen LogP contribution in [0.15, 0.2) is 28.3 Å². The summed E-state index contributed by atoms with van der Waals surface area (Å²) in [6.07, 6.45) is 0. The van der Waals surface area contributed by atoms with Gasteiger partial charge in [0, 0.05) is 5.54 Å². The number of hydrogen-bond donors (Lipinski definition) is 1. The van der Waals surface area contributed by atoms with Crippen LogP contribution in [0.2, 0.25) is 0 Å². The summed E-state index contributed by atoms with van der Waals surface area (Å²) < 4.78 is 26.6. The lowest BCUT2D eigenvalue weighted by molar-refractivity contribution is 0.489. The minimum atomic E-state index is -3.53. The molecule has 1 aromatic rings. The third kappa shape index (κ3) is 4.65. The minimum absolute atomic E-state index is 0.0749. The van der Waals surface area contributed by atoms with E-state index in [4.69, 9.17) is 0 Å². The van der Waals surface area contributed by atoms with Crippen LogP contribution in [0.3, 0.4) is 0 Å². The van der Waals surface area contributed by atoms with Gasteiger partial charge in [-0.05, 0) is 38.7 Å². The van der Waals surface area contributed by atoms with Gasteiger partial charge in [-0.1, -0.05) is 13.0 Å². The maximum absolute atomic E-state index is 12.0. The van der Waals surface area contributed by atoms with Crippen molar-refractivity contribution in [2.24, 2.45) is 0 Å². The van der Waals surface area contributed by atoms with Gasteiger partial charge in [0.15, 0.2) is 5.03 Å². The maximum atomic E-state index is 12.0. The molecule has 96 valence electrons. The normalized spacial score (nSPS) is 12.7. The zero-order chi connectivity index (χ0) is 13.1. The molecule has 0 saturated carbocycles. The molecule has 1 rings (SSSR count). The summed E-state index contributed by atoms with van der Waals surface area (Å²) in [6.45, 7) is 7.40. The van der Waals surface area contributed by atoms with Crippen LogP contribution in [0.4, 0.5) is 0 Å². The van der Waals surface area contributed by atoms with Crippen molar-refractivity contribution in [3.8, 4) is 0 Å². The highest BCUT2D eigenvalue weighted by atomic mass is 32.2. The quantitative estimate of drug-likeness (QED) is 0.856. The predicted octanol–water partition coefficient (Wildman–Crippen LogP) is 2.27. The van der Waals surface area contributed by atoms with Crippen molar-refractivity contribution in [2.45, 2.75) is 43.3 Å². The Morgan fingerprint density at radius 3 is 2.53 bits per heavy atom. The second kappa shape index (κ2) is 5.37. The van der Waals surface area contributed by atoms with Crippen molar-refractivity contribution in [1.29, 1.82) is 0 Å². The number of pyridine rings is 1. The molecule has 0 bridgehead atoms. The fourth-order valence-electron chi connectivity index (χ4n) is 1.23.